The monoisotopic (exact) mass is 523 g/mol. The SMILES string of the molecule is COc1ncc(-c2nc(-c3cc(CNC(=O)C(C)(C)C(F)(F)F)ccc3Cl)[nH]c(=O)n2)cc1C(C)C. The molecule has 2 aromatic heterocycles. The molecular formula is C24H25ClF3N5O3. The van der Waals surface area contributed by atoms with Crippen LogP contribution in [0.4, 0.5) is 13.2 Å². The molecule has 1 amide bonds. The number of carbonyl (C=O) groups is 1. The number of halogens is 4. The van der Waals surface area contributed by atoms with Gasteiger partial charge in [-0.2, -0.15) is 18.2 Å². The van der Waals surface area contributed by atoms with E-state index in [0.717, 1.165) is 19.4 Å². The molecule has 3 aromatic rings. The Bertz CT molecular complexity index is 1340. The molecule has 0 saturated carbocycles. The summed E-state index contributed by atoms with van der Waals surface area (Å²) >= 11 is 6.34. The van der Waals surface area contributed by atoms with Gasteiger partial charge in [-0.3, -0.25) is 9.78 Å². The first-order valence-corrected chi connectivity index (χ1v) is 11.3. The average molecular weight is 524 g/mol. The number of rotatable bonds is 7. The van der Waals surface area contributed by atoms with E-state index >= 15 is 0 Å². The van der Waals surface area contributed by atoms with E-state index in [-0.39, 0.29) is 29.1 Å². The summed E-state index contributed by atoms with van der Waals surface area (Å²) in [5.41, 5.74) is -1.19. The third-order valence-electron chi connectivity index (χ3n) is 5.62. The maximum Gasteiger partial charge on any atom is 0.402 e. The number of ether oxygens (including phenoxy) is 1. The molecule has 192 valence electrons. The normalized spacial score (nSPS) is 12.1. The number of methoxy groups -OCH3 is 1. The molecule has 0 radical (unpaired) electrons. The smallest absolute Gasteiger partial charge is 0.402 e. The summed E-state index contributed by atoms with van der Waals surface area (Å²) in [6.45, 7) is 5.36. The van der Waals surface area contributed by atoms with Crippen molar-refractivity contribution in [3.63, 3.8) is 0 Å². The Labute approximate surface area is 210 Å². The maximum absolute atomic E-state index is 13.1. The van der Waals surface area contributed by atoms with Crippen molar-refractivity contribution in [3.8, 4) is 28.7 Å². The molecular weight excluding hydrogens is 499 g/mol. The highest BCUT2D eigenvalue weighted by molar-refractivity contribution is 6.33. The number of nitrogens with zero attached hydrogens (tertiary/aromatic N) is 3. The van der Waals surface area contributed by atoms with Crippen molar-refractivity contribution in [1.82, 2.24) is 25.3 Å². The summed E-state index contributed by atoms with van der Waals surface area (Å²) < 4.78 is 44.7. The van der Waals surface area contributed by atoms with Crippen LogP contribution in [-0.4, -0.2) is 39.1 Å². The molecule has 2 heterocycles. The predicted octanol–water partition coefficient (Wildman–Crippen LogP) is 4.88. The van der Waals surface area contributed by atoms with Crippen LogP contribution in [0.15, 0.2) is 35.3 Å². The molecule has 0 spiro atoms. The van der Waals surface area contributed by atoms with Gasteiger partial charge in [0.2, 0.25) is 11.8 Å². The molecule has 0 fully saturated rings. The molecule has 0 aliphatic heterocycles. The Morgan fingerprint density at radius 1 is 1.19 bits per heavy atom. The van der Waals surface area contributed by atoms with Gasteiger partial charge >= 0.3 is 11.9 Å². The number of benzene rings is 1. The molecule has 0 unspecified atom stereocenters. The van der Waals surface area contributed by atoms with Crippen LogP contribution in [-0.2, 0) is 11.3 Å². The minimum Gasteiger partial charge on any atom is -0.481 e. The summed E-state index contributed by atoms with van der Waals surface area (Å²) in [6, 6.07) is 6.36. The summed E-state index contributed by atoms with van der Waals surface area (Å²) in [5, 5.41) is 2.53. The maximum atomic E-state index is 13.1. The second-order valence-corrected chi connectivity index (χ2v) is 9.33. The molecule has 0 aliphatic rings. The van der Waals surface area contributed by atoms with Gasteiger partial charge in [-0.15, -0.1) is 0 Å². The van der Waals surface area contributed by atoms with E-state index < -0.39 is 23.2 Å². The Hall–Kier alpha value is -3.47. The van der Waals surface area contributed by atoms with E-state index in [1.807, 2.05) is 13.8 Å². The zero-order valence-electron chi connectivity index (χ0n) is 20.2. The van der Waals surface area contributed by atoms with Gasteiger partial charge in [0.1, 0.15) is 11.2 Å². The van der Waals surface area contributed by atoms with Crippen molar-refractivity contribution in [2.45, 2.75) is 46.3 Å². The molecule has 0 aliphatic carbocycles. The fourth-order valence-corrected chi connectivity index (χ4v) is 3.42. The lowest BCUT2D eigenvalue weighted by atomic mass is 9.91. The van der Waals surface area contributed by atoms with Crippen molar-refractivity contribution in [3.05, 3.63) is 57.1 Å². The predicted molar refractivity (Wildman–Crippen MR) is 129 cm³/mol. The highest BCUT2D eigenvalue weighted by Gasteiger charge is 2.52. The van der Waals surface area contributed by atoms with E-state index in [1.165, 1.54) is 25.4 Å². The van der Waals surface area contributed by atoms with Crippen LogP contribution in [0, 0.1) is 5.41 Å². The molecule has 0 bridgehead atoms. The standard InChI is InChI=1S/C24H25ClF3N5O3/c1-12(2)15-9-14(11-29-20(15)36-5)18-31-19(33-22(35)32-18)16-8-13(6-7-17(16)25)10-30-21(34)23(3,4)24(26,27)28/h6-9,11-12H,10H2,1-5H3,(H,30,34)(H,31,32,33,35). The van der Waals surface area contributed by atoms with Crippen molar-refractivity contribution >= 4 is 17.5 Å². The summed E-state index contributed by atoms with van der Waals surface area (Å²) in [5.74, 6) is -0.437. The number of pyridine rings is 1. The lowest BCUT2D eigenvalue weighted by Gasteiger charge is -2.26. The van der Waals surface area contributed by atoms with E-state index in [9.17, 15) is 22.8 Å². The minimum absolute atomic E-state index is 0.0810. The molecule has 3 rings (SSSR count). The van der Waals surface area contributed by atoms with Crippen molar-refractivity contribution in [2.24, 2.45) is 5.41 Å². The molecule has 0 saturated heterocycles. The molecule has 12 heteroatoms. The van der Waals surface area contributed by atoms with Gasteiger partial charge in [-0.1, -0.05) is 31.5 Å². The number of amides is 1. The van der Waals surface area contributed by atoms with Crippen LogP contribution in [0.3, 0.4) is 0 Å². The first-order valence-electron chi connectivity index (χ1n) is 10.9. The quantitative estimate of drug-likeness (QED) is 0.456. The molecule has 36 heavy (non-hydrogen) atoms. The zero-order valence-corrected chi connectivity index (χ0v) is 21.0. The first kappa shape index (κ1) is 27.1. The van der Waals surface area contributed by atoms with Gasteiger partial charge < -0.3 is 10.1 Å². The van der Waals surface area contributed by atoms with Crippen molar-refractivity contribution in [1.29, 1.82) is 0 Å². The van der Waals surface area contributed by atoms with Crippen LogP contribution in [0.25, 0.3) is 22.8 Å². The van der Waals surface area contributed by atoms with Crippen LogP contribution >= 0.6 is 11.6 Å². The van der Waals surface area contributed by atoms with Crippen LogP contribution in [0.5, 0.6) is 5.88 Å². The van der Waals surface area contributed by atoms with Crippen LogP contribution in [0.2, 0.25) is 5.02 Å². The minimum atomic E-state index is -4.70. The zero-order chi connectivity index (χ0) is 26.8. The summed E-state index contributed by atoms with van der Waals surface area (Å²) in [7, 11) is 1.51. The number of alkyl halides is 3. The second-order valence-electron chi connectivity index (χ2n) is 8.92. The van der Waals surface area contributed by atoms with Crippen LogP contribution in [0.1, 0.15) is 44.7 Å². The lowest BCUT2D eigenvalue weighted by Crippen LogP contribution is -2.46. The summed E-state index contributed by atoms with van der Waals surface area (Å²) in [6.07, 6.45) is -3.22. The first-order chi connectivity index (χ1) is 16.7. The van der Waals surface area contributed by atoms with E-state index in [2.05, 4.69) is 25.3 Å². The number of hydrogen-bond acceptors (Lipinski definition) is 6. The Morgan fingerprint density at radius 2 is 1.89 bits per heavy atom. The van der Waals surface area contributed by atoms with E-state index in [0.29, 0.717) is 22.6 Å². The number of nitrogens with one attached hydrogen (secondary N) is 2. The second kappa shape index (κ2) is 10.3. The van der Waals surface area contributed by atoms with Gasteiger partial charge in [0.25, 0.3) is 0 Å². The highest BCUT2D eigenvalue weighted by atomic mass is 35.5. The largest absolute Gasteiger partial charge is 0.481 e. The van der Waals surface area contributed by atoms with Crippen molar-refractivity contribution in [2.75, 3.05) is 7.11 Å². The Kier molecular flexibility index (Phi) is 7.73. The number of hydrogen-bond donors (Lipinski definition) is 2. The molecule has 1 aromatic carbocycles. The number of aromatic nitrogens is 4. The van der Waals surface area contributed by atoms with Crippen LogP contribution < -0.4 is 15.7 Å². The Balaban J connectivity index is 1.95. The van der Waals surface area contributed by atoms with Gasteiger partial charge in [0, 0.05) is 29.4 Å². The third kappa shape index (κ3) is 5.67. The van der Waals surface area contributed by atoms with E-state index in [4.69, 9.17) is 16.3 Å². The molecule has 8 nitrogen and oxygen atoms in total. The van der Waals surface area contributed by atoms with Gasteiger partial charge in [0.05, 0.1) is 12.1 Å². The fraction of sp³-hybridized carbons (Fsp3) is 0.375. The van der Waals surface area contributed by atoms with Gasteiger partial charge in [-0.25, -0.2) is 14.8 Å². The number of carbonyl (C=O) groups excluding carboxylic acids is 1. The topological polar surface area (TPSA) is 110 Å². The van der Waals surface area contributed by atoms with Gasteiger partial charge in [0.15, 0.2) is 5.82 Å². The lowest BCUT2D eigenvalue weighted by molar-refractivity contribution is -0.211. The molecule has 2 N–H and O–H groups in total. The van der Waals surface area contributed by atoms with Gasteiger partial charge in [-0.05, 0) is 43.5 Å². The highest BCUT2D eigenvalue weighted by Crippen LogP contribution is 2.37. The third-order valence-corrected chi connectivity index (χ3v) is 5.95. The van der Waals surface area contributed by atoms with E-state index in [1.54, 1.807) is 12.1 Å². The average Bonchev–Trinajstić information content (AvgIpc) is 2.81. The Morgan fingerprint density at radius 3 is 2.50 bits per heavy atom. The fourth-order valence-electron chi connectivity index (χ4n) is 3.21. The molecule has 0 atom stereocenters. The number of H-pyrrole nitrogens is 1. The number of aromatic amines is 1. The van der Waals surface area contributed by atoms with Crippen molar-refractivity contribution < 1.29 is 22.7 Å². The summed E-state index contributed by atoms with van der Waals surface area (Å²) in [4.78, 5) is 39.7.